The summed E-state index contributed by atoms with van der Waals surface area (Å²) in [5, 5.41) is 6.17. The number of nitrogens with zero attached hydrogens (tertiary/aromatic N) is 1. The molecular weight excluding hydrogens is 490 g/mol. The molecule has 1 aliphatic carbocycles. The Balaban J connectivity index is 2.63. The maximum atomic E-state index is 14.6. The number of rotatable bonds is 10. The molecular formula is C32H53N3O4. The summed E-state index contributed by atoms with van der Waals surface area (Å²) < 4.78 is 5.53. The van der Waals surface area contributed by atoms with Crippen molar-refractivity contribution in [3.63, 3.8) is 0 Å². The Morgan fingerprint density at radius 3 is 2.15 bits per heavy atom. The monoisotopic (exact) mass is 543 g/mol. The van der Waals surface area contributed by atoms with Gasteiger partial charge in [-0.15, -0.1) is 0 Å². The summed E-state index contributed by atoms with van der Waals surface area (Å²) in [5.41, 5.74) is 1.51. The molecule has 1 aromatic carbocycles. The van der Waals surface area contributed by atoms with Crippen molar-refractivity contribution in [2.24, 2.45) is 5.92 Å². The number of amides is 3. The Labute approximate surface area is 236 Å². The van der Waals surface area contributed by atoms with E-state index in [1.54, 1.807) is 25.7 Å². The Morgan fingerprint density at radius 2 is 1.64 bits per heavy atom. The molecule has 3 unspecified atom stereocenters. The zero-order chi connectivity index (χ0) is 29.5. The van der Waals surface area contributed by atoms with Crippen LogP contribution in [0.25, 0.3) is 0 Å². The third kappa shape index (κ3) is 8.97. The van der Waals surface area contributed by atoms with Gasteiger partial charge in [0.1, 0.15) is 17.7 Å². The molecule has 7 nitrogen and oxygen atoms in total. The van der Waals surface area contributed by atoms with Crippen LogP contribution in [-0.2, 0) is 14.3 Å². The van der Waals surface area contributed by atoms with Gasteiger partial charge in [-0.25, -0.2) is 4.79 Å². The van der Waals surface area contributed by atoms with Crippen LogP contribution < -0.4 is 10.6 Å². The highest BCUT2D eigenvalue weighted by Gasteiger charge is 2.45. The summed E-state index contributed by atoms with van der Waals surface area (Å²) in [6.45, 7) is 19.4. The van der Waals surface area contributed by atoms with Crippen LogP contribution in [0.15, 0.2) is 18.2 Å². The van der Waals surface area contributed by atoms with Crippen molar-refractivity contribution >= 4 is 17.9 Å². The minimum absolute atomic E-state index is 0.103. The average molecular weight is 544 g/mol. The number of hydrogen-bond acceptors (Lipinski definition) is 4. The second-order valence-corrected chi connectivity index (χ2v) is 13.0. The molecule has 1 aliphatic rings. The van der Waals surface area contributed by atoms with Crippen molar-refractivity contribution in [1.82, 2.24) is 15.5 Å². The van der Waals surface area contributed by atoms with E-state index in [0.29, 0.717) is 12.8 Å². The highest BCUT2D eigenvalue weighted by atomic mass is 16.6. The van der Waals surface area contributed by atoms with E-state index in [-0.39, 0.29) is 23.8 Å². The molecule has 220 valence electrons. The number of alkyl carbamates (subject to hydrolysis) is 1. The smallest absolute Gasteiger partial charge is 0.408 e. The third-order valence-corrected chi connectivity index (χ3v) is 8.08. The number of aryl methyl sites for hydroxylation is 2. The molecule has 2 rings (SSSR count). The van der Waals surface area contributed by atoms with Crippen LogP contribution in [0, 0.1) is 19.8 Å². The number of carbonyl (C=O) groups excluding carboxylic acids is 3. The first-order valence-corrected chi connectivity index (χ1v) is 14.8. The maximum Gasteiger partial charge on any atom is 0.408 e. The lowest BCUT2D eigenvalue weighted by Crippen LogP contribution is -2.61. The van der Waals surface area contributed by atoms with Crippen molar-refractivity contribution in [3.05, 3.63) is 34.9 Å². The van der Waals surface area contributed by atoms with Gasteiger partial charge in [0.15, 0.2) is 0 Å². The first-order valence-electron chi connectivity index (χ1n) is 14.8. The van der Waals surface area contributed by atoms with Crippen molar-refractivity contribution in [2.45, 2.75) is 143 Å². The second kappa shape index (κ2) is 13.7. The van der Waals surface area contributed by atoms with Crippen molar-refractivity contribution < 1.29 is 19.1 Å². The lowest BCUT2D eigenvalue weighted by molar-refractivity contribution is -0.150. The Bertz CT molecular complexity index is 992. The van der Waals surface area contributed by atoms with E-state index < -0.39 is 29.3 Å². The zero-order valence-corrected chi connectivity index (χ0v) is 26.1. The van der Waals surface area contributed by atoms with Crippen molar-refractivity contribution in [3.8, 4) is 0 Å². The van der Waals surface area contributed by atoms with Gasteiger partial charge in [0.25, 0.3) is 0 Å². The van der Waals surface area contributed by atoms with Crippen molar-refractivity contribution in [1.29, 1.82) is 0 Å². The molecule has 0 aromatic heterocycles. The number of carbonyl (C=O) groups is 3. The summed E-state index contributed by atoms with van der Waals surface area (Å²) in [7, 11) is 0. The average Bonchev–Trinajstić information content (AvgIpc) is 2.84. The van der Waals surface area contributed by atoms with Gasteiger partial charge in [-0.1, -0.05) is 70.2 Å². The third-order valence-electron chi connectivity index (χ3n) is 8.08. The maximum absolute atomic E-state index is 14.6. The van der Waals surface area contributed by atoms with Gasteiger partial charge >= 0.3 is 6.09 Å². The van der Waals surface area contributed by atoms with Crippen LogP contribution in [0.4, 0.5) is 4.79 Å². The van der Waals surface area contributed by atoms with Crippen LogP contribution in [0.2, 0.25) is 0 Å². The molecule has 1 aromatic rings. The highest BCUT2D eigenvalue weighted by Crippen LogP contribution is 2.35. The van der Waals surface area contributed by atoms with Gasteiger partial charge in [0.05, 0.1) is 0 Å². The summed E-state index contributed by atoms with van der Waals surface area (Å²) in [5.74, 6) is -0.601. The molecule has 0 radical (unpaired) electrons. The van der Waals surface area contributed by atoms with Gasteiger partial charge in [-0.05, 0) is 84.8 Å². The summed E-state index contributed by atoms with van der Waals surface area (Å²) in [6.07, 6.45) is 5.96. The van der Waals surface area contributed by atoms with E-state index in [2.05, 4.69) is 16.7 Å². The quantitative estimate of drug-likeness (QED) is 0.342. The van der Waals surface area contributed by atoms with Crippen LogP contribution in [0.5, 0.6) is 0 Å². The van der Waals surface area contributed by atoms with E-state index >= 15 is 0 Å². The van der Waals surface area contributed by atoms with E-state index in [1.807, 2.05) is 60.6 Å². The fraction of sp³-hybridized carbons (Fsp3) is 0.719. The molecule has 0 spiro atoms. The topological polar surface area (TPSA) is 87.7 Å². The predicted molar refractivity (Wildman–Crippen MR) is 158 cm³/mol. The number of ether oxygens (including phenoxy) is 1. The number of hydrogen-bond donors (Lipinski definition) is 2. The molecule has 3 atom stereocenters. The molecule has 2 N–H and O–H groups in total. The molecule has 3 amide bonds. The van der Waals surface area contributed by atoms with Crippen molar-refractivity contribution in [2.75, 3.05) is 0 Å². The van der Waals surface area contributed by atoms with Crippen LogP contribution in [0.3, 0.4) is 0 Å². The minimum Gasteiger partial charge on any atom is -0.444 e. The van der Waals surface area contributed by atoms with Crippen LogP contribution in [-0.4, -0.2) is 46.0 Å². The number of benzene rings is 1. The molecule has 7 heteroatoms. The van der Waals surface area contributed by atoms with Gasteiger partial charge in [-0.2, -0.15) is 0 Å². The standard InChI is InChI=1S/C32H53N3O4/c1-11-22(4)26(34-30(38)39-31(6,7)8)29(37)35(32(9,10)12-2)27(25-19-18-21(3)20-23(25)5)28(36)33-24-16-14-13-15-17-24/h18-20,22,24,26-27H,11-17H2,1-10H3,(H,33,36)(H,34,38). The summed E-state index contributed by atoms with van der Waals surface area (Å²) >= 11 is 0. The van der Waals surface area contributed by atoms with E-state index in [9.17, 15) is 14.4 Å². The molecule has 0 aliphatic heterocycles. The second-order valence-electron chi connectivity index (χ2n) is 13.0. The van der Waals surface area contributed by atoms with Gasteiger partial charge < -0.3 is 20.3 Å². The van der Waals surface area contributed by atoms with Crippen LogP contribution in [0.1, 0.15) is 123 Å². The SMILES string of the molecule is CCC(C)C(NC(=O)OC(C)(C)C)C(=O)N(C(C(=O)NC1CCCCC1)c1ccc(C)cc1C)C(C)(C)CC. The summed E-state index contributed by atoms with van der Waals surface area (Å²) in [6, 6.07) is 4.46. The zero-order valence-electron chi connectivity index (χ0n) is 26.1. The minimum atomic E-state index is -0.841. The molecule has 1 fully saturated rings. The first kappa shape index (κ1) is 32.6. The Morgan fingerprint density at radius 1 is 1.03 bits per heavy atom. The fourth-order valence-electron chi connectivity index (χ4n) is 5.27. The Hall–Kier alpha value is -2.57. The predicted octanol–water partition coefficient (Wildman–Crippen LogP) is 6.75. The van der Waals surface area contributed by atoms with Gasteiger partial charge in [-0.3, -0.25) is 9.59 Å². The molecule has 39 heavy (non-hydrogen) atoms. The Kier molecular flexibility index (Phi) is 11.4. The molecule has 0 bridgehead atoms. The van der Waals surface area contributed by atoms with Crippen LogP contribution >= 0.6 is 0 Å². The van der Waals surface area contributed by atoms with E-state index in [1.165, 1.54) is 6.42 Å². The largest absolute Gasteiger partial charge is 0.444 e. The van der Waals surface area contributed by atoms with Gasteiger partial charge in [0, 0.05) is 11.6 Å². The number of nitrogens with one attached hydrogen (secondary N) is 2. The lowest BCUT2D eigenvalue weighted by atomic mass is 9.87. The normalized spacial score (nSPS) is 17.1. The van der Waals surface area contributed by atoms with Gasteiger partial charge in [0.2, 0.25) is 11.8 Å². The highest BCUT2D eigenvalue weighted by molar-refractivity contribution is 5.93. The summed E-state index contributed by atoms with van der Waals surface area (Å²) in [4.78, 5) is 43.4. The van der Waals surface area contributed by atoms with E-state index in [4.69, 9.17) is 4.74 Å². The first-order chi connectivity index (χ1) is 18.1. The molecule has 0 saturated heterocycles. The van der Waals surface area contributed by atoms with E-state index in [0.717, 1.165) is 42.4 Å². The lowest BCUT2D eigenvalue weighted by Gasteiger charge is -2.46. The molecule has 0 heterocycles. The molecule has 1 saturated carbocycles. The fourth-order valence-corrected chi connectivity index (χ4v) is 5.27.